The van der Waals surface area contributed by atoms with Gasteiger partial charge in [-0.15, -0.1) is 0 Å². The normalized spacial score (nSPS) is 10.9. The molecule has 0 unspecified atom stereocenters. The van der Waals surface area contributed by atoms with Crippen LogP contribution in [-0.2, 0) is 11.2 Å². The predicted octanol–water partition coefficient (Wildman–Crippen LogP) is 4.88. The molecule has 1 amide bonds. The van der Waals surface area contributed by atoms with Gasteiger partial charge in [0.2, 0.25) is 5.91 Å². The first-order valence-electron chi connectivity index (χ1n) is 7.05. The molecule has 0 spiro atoms. The lowest BCUT2D eigenvalue weighted by Gasteiger charge is -2.06. The number of carbonyl (C=O) groups is 1. The standard InChI is InChI=1S/C18H16ClNO2/c1-11-3-6-17-15(7-11)13(10-22-17)8-18(21)20-14-5-4-12(2)16(19)9-14/h3-7,9-10H,8H2,1-2H3,(H,20,21). The third-order valence-corrected chi connectivity index (χ3v) is 4.02. The van der Waals surface area contributed by atoms with Gasteiger partial charge in [0.25, 0.3) is 0 Å². The van der Waals surface area contributed by atoms with Gasteiger partial charge < -0.3 is 9.73 Å². The Morgan fingerprint density at radius 1 is 1.18 bits per heavy atom. The van der Waals surface area contributed by atoms with Gasteiger partial charge in [-0.05, 0) is 43.7 Å². The van der Waals surface area contributed by atoms with Gasteiger partial charge in [-0.1, -0.05) is 29.3 Å². The Labute approximate surface area is 133 Å². The molecule has 4 heteroatoms. The van der Waals surface area contributed by atoms with E-state index in [4.69, 9.17) is 16.0 Å². The molecule has 0 atom stereocenters. The number of hydrogen-bond donors (Lipinski definition) is 1. The van der Waals surface area contributed by atoms with Crippen molar-refractivity contribution in [1.29, 1.82) is 0 Å². The molecule has 3 rings (SSSR count). The molecule has 0 radical (unpaired) electrons. The molecule has 0 aliphatic heterocycles. The third kappa shape index (κ3) is 3.00. The number of aryl methyl sites for hydroxylation is 2. The summed E-state index contributed by atoms with van der Waals surface area (Å²) in [6.07, 6.45) is 1.91. The Kier molecular flexibility index (Phi) is 3.90. The zero-order chi connectivity index (χ0) is 15.7. The van der Waals surface area contributed by atoms with Crippen molar-refractivity contribution in [2.75, 3.05) is 5.32 Å². The minimum atomic E-state index is -0.0934. The van der Waals surface area contributed by atoms with E-state index in [1.54, 1.807) is 12.3 Å². The minimum absolute atomic E-state index is 0.0934. The summed E-state index contributed by atoms with van der Waals surface area (Å²) < 4.78 is 5.49. The maximum atomic E-state index is 12.2. The molecule has 0 saturated carbocycles. The van der Waals surface area contributed by atoms with Crippen molar-refractivity contribution in [2.24, 2.45) is 0 Å². The molecule has 2 aromatic carbocycles. The van der Waals surface area contributed by atoms with Crippen LogP contribution < -0.4 is 5.32 Å². The molecule has 0 saturated heterocycles. The second kappa shape index (κ2) is 5.85. The average Bonchev–Trinajstić information content (AvgIpc) is 2.85. The minimum Gasteiger partial charge on any atom is -0.464 e. The van der Waals surface area contributed by atoms with Crippen LogP contribution in [0.5, 0.6) is 0 Å². The fourth-order valence-electron chi connectivity index (χ4n) is 2.38. The van der Waals surface area contributed by atoms with Crippen LogP contribution in [-0.4, -0.2) is 5.91 Å². The maximum Gasteiger partial charge on any atom is 0.228 e. The van der Waals surface area contributed by atoms with Crippen molar-refractivity contribution >= 4 is 34.2 Å². The van der Waals surface area contributed by atoms with Crippen molar-refractivity contribution < 1.29 is 9.21 Å². The van der Waals surface area contributed by atoms with Gasteiger partial charge in [-0.2, -0.15) is 0 Å². The third-order valence-electron chi connectivity index (χ3n) is 3.62. The second-order valence-corrected chi connectivity index (χ2v) is 5.86. The molecule has 1 aromatic heterocycles. The van der Waals surface area contributed by atoms with E-state index in [9.17, 15) is 4.79 Å². The van der Waals surface area contributed by atoms with E-state index in [1.165, 1.54) is 0 Å². The summed E-state index contributed by atoms with van der Waals surface area (Å²) >= 11 is 6.07. The van der Waals surface area contributed by atoms with Crippen molar-refractivity contribution in [2.45, 2.75) is 20.3 Å². The highest BCUT2D eigenvalue weighted by Crippen LogP contribution is 2.24. The lowest BCUT2D eigenvalue weighted by atomic mass is 10.1. The number of hydrogen-bond acceptors (Lipinski definition) is 2. The molecule has 0 fully saturated rings. The molecule has 3 nitrogen and oxygen atoms in total. The van der Waals surface area contributed by atoms with E-state index in [0.29, 0.717) is 10.7 Å². The number of anilines is 1. The van der Waals surface area contributed by atoms with Gasteiger partial charge in [0, 0.05) is 21.7 Å². The molecule has 0 aliphatic carbocycles. The van der Waals surface area contributed by atoms with Crippen LogP contribution in [0.3, 0.4) is 0 Å². The van der Waals surface area contributed by atoms with Gasteiger partial charge in [0.15, 0.2) is 0 Å². The van der Waals surface area contributed by atoms with E-state index in [-0.39, 0.29) is 12.3 Å². The smallest absolute Gasteiger partial charge is 0.228 e. The Bertz CT molecular complexity index is 851. The van der Waals surface area contributed by atoms with Crippen LogP contribution in [0, 0.1) is 13.8 Å². The van der Waals surface area contributed by atoms with E-state index in [1.807, 2.05) is 44.2 Å². The second-order valence-electron chi connectivity index (χ2n) is 5.45. The van der Waals surface area contributed by atoms with Crippen LogP contribution in [0.15, 0.2) is 47.1 Å². The van der Waals surface area contributed by atoms with Crippen LogP contribution in [0.1, 0.15) is 16.7 Å². The number of halogens is 1. The number of benzene rings is 2. The number of rotatable bonds is 3. The van der Waals surface area contributed by atoms with Crippen molar-refractivity contribution in [3.63, 3.8) is 0 Å². The number of nitrogens with one attached hydrogen (secondary N) is 1. The summed E-state index contributed by atoms with van der Waals surface area (Å²) in [5.74, 6) is -0.0934. The fourth-order valence-corrected chi connectivity index (χ4v) is 2.56. The fraction of sp³-hybridized carbons (Fsp3) is 0.167. The summed E-state index contributed by atoms with van der Waals surface area (Å²) in [4.78, 5) is 12.2. The summed E-state index contributed by atoms with van der Waals surface area (Å²) in [5, 5.41) is 4.49. The zero-order valence-electron chi connectivity index (χ0n) is 12.4. The first-order valence-corrected chi connectivity index (χ1v) is 7.43. The summed E-state index contributed by atoms with van der Waals surface area (Å²) in [6.45, 7) is 3.94. The number of amides is 1. The lowest BCUT2D eigenvalue weighted by molar-refractivity contribution is -0.115. The first kappa shape index (κ1) is 14.7. The molecule has 22 heavy (non-hydrogen) atoms. The number of carbonyl (C=O) groups excluding carboxylic acids is 1. The van der Waals surface area contributed by atoms with Gasteiger partial charge in [-0.25, -0.2) is 0 Å². The predicted molar refractivity (Wildman–Crippen MR) is 89.5 cm³/mol. The van der Waals surface area contributed by atoms with Crippen LogP contribution in [0.25, 0.3) is 11.0 Å². The maximum absolute atomic E-state index is 12.2. The van der Waals surface area contributed by atoms with Crippen molar-refractivity contribution in [3.8, 4) is 0 Å². The Morgan fingerprint density at radius 3 is 2.77 bits per heavy atom. The SMILES string of the molecule is Cc1ccc2occ(CC(=O)Nc3ccc(C)c(Cl)c3)c2c1. The van der Waals surface area contributed by atoms with E-state index >= 15 is 0 Å². The first-order chi connectivity index (χ1) is 10.5. The highest BCUT2D eigenvalue weighted by molar-refractivity contribution is 6.31. The summed E-state index contributed by atoms with van der Waals surface area (Å²) in [5.41, 5.74) is 4.50. The van der Waals surface area contributed by atoms with E-state index in [2.05, 4.69) is 5.32 Å². The zero-order valence-corrected chi connectivity index (χ0v) is 13.2. The van der Waals surface area contributed by atoms with E-state index < -0.39 is 0 Å². The topological polar surface area (TPSA) is 42.2 Å². The van der Waals surface area contributed by atoms with Crippen LogP contribution in [0.2, 0.25) is 5.02 Å². The average molecular weight is 314 g/mol. The molecule has 112 valence electrons. The molecular formula is C18H16ClNO2. The Balaban J connectivity index is 1.78. The van der Waals surface area contributed by atoms with Gasteiger partial charge in [0.1, 0.15) is 5.58 Å². The van der Waals surface area contributed by atoms with Crippen molar-refractivity contribution in [3.05, 3.63) is 64.4 Å². The largest absolute Gasteiger partial charge is 0.464 e. The summed E-state index contributed by atoms with van der Waals surface area (Å²) in [7, 11) is 0. The lowest BCUT2D eigenvalue weighted by Crippen LogP contribution is -2.14. The molecule has 1 N–H and O–H groups in total. The van der Waals surface area contributed by atoms with Crippen LogP contribution >= 0.6 is 11.6 Å². The van der Waals surface area contributed by atoms with Crippen molar-refractivity contribution in [1.82, 2.24) is 0 Å². The molecule has 0 aliphatic rings. The molecular weight excluding hydrogens is 298 g/mol. The molecule has 1 heterocycles. The van der Waals surface area contributed by atoms with Gasteiger partial charge in [-0.3, -0.25) is 4.79 Å². The number of fused-ring (bicyclic) bond motifs is 1. The van der Waals surface area contributed by atoms with Crippen LogP contribution in [0.4, 0.5) is 5.69 Å². The molecule has 0 bridgehead atoms. The quantitative estimate of drug-likeness (QED) is 0.748. The monoisotopic (exact) mass is 313 g/mol. The Hall–Kier alpha value is -2.26. The van der Waals surface area contributed by atoms with E-state index in [0.717, 1.165) is 27.7 Å². The Morgan fingerprint density at radius 2 is 2.00 bits per heavy atom. The van der Waals surface area contributed by atoms with Gasteiger partial charge in [0.05, 0.1) is 12.7 Å². The summed E-state index contributed by atoms with van der Waals surface area (Å²) in [6, 6.07) is 11.4. The number of furan rings is 1. The molecule has 3 aromatic rings. The highest BCUT2D eigenvalue weighted by atomic mass is 35.5. The highest BCUT2D eigenvalue weighted by Gasteiger charge is 2.11. The van der Waals surface area contributed by atoms with Gasteiger partial charge >= 0.3 is 0 Å².